The lowest BCUT2D eigenvalue weighted by Crippen LogP contribution is -2.35. The van der Waals surface area contributed by atoms with Gasteiger partial charge in [0.2, 0.25) is 0 Å². The third-order valence-electron chi connectivity index (χ3n) is 2.83. The van der Waals surface area contributed by atoms with Crippen LogP contribution in [0.4, 0.5) is 0 Å². The minimum Gasteiger partial charge on any atom is -0.450 e. The SMILES string of the molecule is BCC(C)C(CCC(=O)OCNC)NCC. The molecule has 0 aliphatic carbocycles. The Bertz CT molecular complexity index is 191. The highest BCUT2D eigenvalue weighted by atomic mass is 16.5. The van der Waals surface area contributed by atoms with Crippen LogP contribution in [0.3, 0.4) is 0 Å². The van der Waals surface area contributed by atoms with Gasteiger partial charge in [-0.1, -0.05) is 20.2 Å². The Morgan fingerprint density at radius 2 is 2.19 bits per heavy atom. The normalized spacial score (nSPS) is 14.4. The monoisotopic (exact) mass is 228 g/mol. The summed E-state index contributed by atoms with van der Waals surface area (Å²) in [5.41, 5.74) is 0. The number of hydrogen-bond acceptors (Lipinski definition) is 4. The van der Waals surface area contributed by atoms with E-state index >= 15 is 0 Å². The highest BCUT2D eigenvalue weighted by molar-refractivity contribution is 6.08. The molecule has 0 aliphatic heterocycles. The van der Waals surface area contributed by atoms with E-state index in [0.29, 0.717) is 25.1 Å². The van der Waals surface area contributed by atoms with Crippen LogP contribution in [0, 0.1) is 5.92 Å². The molecule has 0 rings (SSSR count). The van der Waals surface area contributed by atoms with Gasteiger partial charge in [-0.05, 0) is 25.9 Å². The van der Waals surface area contributed by atoms with Gasteiger partial charge in [-0.25, -0.2) is 0 Å². The van der Waals surface area contributed by atoms with Crippen LogP contribution in [0.5, 0.6) is 0 Å². The standard InChI is InChI=1S/C11H25BN2O2/c1-4-14-10(9(2)7-12)5-6-11(15)16-8-13-3/h9-10,13-14H,4-8,12H2,1-3H3. The van der Waals surface area contributed by atoms with Gasteiger partial charge in [-0.2, -0.15) is 0 Å². The first-order chi connectivity index (χ1) is 7.65. The molecule has 5 heteroatoms. The maximum atomic E-state index is 11.3. The molecule has 0 heterocycles. The molecule has 0 bridgehead atoms. The van der Waals surface area contributed by atoms with Crippen molar-refractivity contribution < 1.29 is 9.53 Å². The summed E-state index contributed by atoms with van der Waals surface area (Å²) >= 11 is 0. The molecule has 0 fully saturated rings. The van der Waals surface area contributed by atoms with Gasteiger partial charge in [-0.15, -0.1) is 0 Å². The molecule has 0 aromatic rings. The van der Waals surface area contributed by atoms with Crippen molar-refractivity contribution in [1.82, 2.24) is 10.6 Å². The molecule has 2 N–H and O–H groups in total. The molecule has 0 amide bonds. The Morgan fingerprint density at radius 3 is 2.69 bits per heavy atom. The number of rotatable bonds is 9. The van der Waals surface area contributed by atoms with Gasteiger partial charge < -0.3 is 10.1 Å². The van der Waals surface area contributed by atoms with E-state index in [0.717, 1.165) is 19.3 Å². The van der Waals surface area contributed by atoms with Gasteiger partial charge in [0, 0.05) is 12.5 Å². The van der Waals surface area contributed by atoms with Crippen molar-refractivity contribution in [2.24, 2.45) is 5.92 Å². The molecule has 0 saturated carbocycles. The summed E-state index contributed by atoms with van der Waals surface area (Å²) in [5, 5.41) is 6.21. The minimum atomic E-state index is -0.124. The Morgan fingerprint density at radius 1 is 1.50 bits per heavy atom. The van der Waals surface area contributed by atoms with Crippen LogP contribution in [0.25, 0.3) is 0 Å². The average molecular weight is 228 g/mol. The van der Waals surface area contributed by atoms with Crippen molar-refractivity contribution in [2.75, 3.05) is 20.3 Å². The first kappa shape index (κ1) is 15.5. The molecule has 0 radical (unpaired) electrons. The molecule has 0 aliphatic rings. The zero-order chi connectivity index (χ0) is 12.4. The fourth-order valence-electron chi connectivity index (χ4n) is 1.63. The van der Waals surface area contributed by atoms with E-state index in [9.17, 15) is 4.79 Å². The summed E-state index contributed by atoms with van der Waals surface area (Å²) < 4.78 is 4.96. The Kier molecular flexibility index (Phi) is 9.34. The van der Waals surface area contributed by atoms with Crippen molar-refractivity contribution in [3.63, 3.8) is 0 Å². The van der Waals surface area contributed by atoms with Gasteiger partial charge in [0.15, 0.2) is 0 Å². The van der Waals surface area contributed by atoms with Crippen molar-refractivity contribution in [3.8, 4) is 0 Å². The first-order valence-electron chi connectivity index (χ1n) is 6.19. The van der Waals surface area contributed by atoms with Crippen LogP contribution in [-0.2, 0) is 9.53 Å². The third-order valence-corrected chi connectivity index (χ3v) is 2.83. The van der Waals surface area contributed by atoms with Crippen molar-refractivity contribution >= 4 is 13.8 Å². The molecule has 16 heavy (non-hydrogen) atoms. The highest BCUT2D eigenvalue weighted by Gasteiger charge is 2.16. The molecule has 2 atom stereocenters. The minimum absolute atomic E-state index is 0.124. The largest absolute Gasteiger partial charge is 0.450 e. The molecule has 94 valence electrons. The van der Waals surface area contributed by atoms with Gasteiger partial charge in [-0.3, -0.25) is 10.1 Å². The number of esters is 1. The zero-order valence-corrected chi connectivity index (χ0v) is 11.0. The number of carbonyl (C=O) groups excluding carboxylic acids is 1. The second kappa shape index (κ2) is 9.66. The smallest absolute Gasteiger partial charge is 0.307 e. The van der Waals surface area contributed by atoms with E-state index in [1.165, 1.54) is 0 Å². The molecule has 0 aromatic carbocycles. The first-order valence-corrected chi connectivity index (χ1v) is 6.19. The predicted molar refractivity (Wildman–Crippen MR) is 69.2 cm³/mol. The molecule has 0 aromatic heterocycles. The Hall–Kier alpha value is -0.545. The molecule has 0 saturated heterocycles. The maximum Gasteiger partial charge on any atom is 0.307 e. The van der Waals surface area contributed by atoms with Crippen molar-refractivity contribution in [2.45, 2.75) is 39.1 Å². The van der Waals surface area contributed by atoms with Crippen molar-refractivity contribution in [3.05, 3.63) is 0 Å². The summed E-state index contributed by atoms with van der Waals surface area (Å²) in [7, 11) is 3.93. The Labute approximate surface area is 99.9 Å². The number of carbonyl (C=O) groups is 1. The molecule has 0 spiro atoms. The van der Waals surface area contributed by atoms with Crippen LogP contribution in [0.1, 0.15) is 26.7 Å². The lowest BCUT2D eigenvalue weighted by molar-refractivity contribution is -0.144. The van der Waals surface area contributed by atoms with Crippen LogP contribution in [-0.4, -0.2) is 40.2 Å². The maximum absolute atomic E-state index is 11.3. The van der Waals surface area contributed by atoms with E-state index in [2.05, 4.69) is 32.3 Å². The van der Waals surface area contributed by atoms with Crippen molar-refractivity contribution in [1.29, 1.82) is 0 Å². The highest BCUT2D eigenvalue weighted by Crippen LogP contribution is 2.12. The zero-order valence-electron chi connectivity index (χ0n) is 11.0. The van der Waals surface area contributed by atoms with Gasteiger partial charge in [0.05, 0.1) is 0 Å². The summed E-state index contributed by atoms with van der Waals surface area (Å²) in [6, 6.07) is 0.414. The van der Waals surface area contributed by atoms with E-state index in [-0.39, 0.29) is 5.97 Å². The van der Waals surface area contributed by atoms with Crippen LogP contribution in [0.2, 0.25) is 6.32 Å². The lowest BCUT2D eigenvalue weighted by Gasteiger charge is -2.23. The van der Waals surface area contributed by atoms with E-state index in [1.807, 2.05) is 0 Å². The number of nitrogens with one attached hydrogen (secondary N) is 2. The summed E-state index contributed by atoms with van der Waals surface area (Å²) in [6.45, 7) is 5.55. The molecule has 4 nitrogen and oxygen atoms in total. The van der Waals surface area contributed by atoms with E-state index < -0.39 is 0 Å². The Balaban J connectivity index is 3.86. The predicted octanol–water partition coefficient (Wildman–Crippen LogP) is 0.152. The fraction of sp³-hybridized carbons (Fsp3) is 0.909. The molecular formula is C11H25BN2O2. The average Bonchev–Trinajstić information content (AvgIpc) is 2.30. The van der Waals surface area contributed by atoms with E-state index in [1.54, 1.807) is 7.05 Å². The molecule has 2 unspecified atom stereocenters. The van der Waals surface area contributed by atoms with E-state index in [4.69, 9.17) is 4.74 Å². The van der Waals surface area contributed by atoms with Crippen LogP contribution < -0.4 is 10.6 Å². The summed E-state index contributed by atoms with van der Waals surface area (Å²) in [6.07, 6.45) is 2.47. The number of hydrogen-bond donors (Lipinski definition) is 2. The molecular weight excluding hydrogens is 203 g/mol. The van der Waals surface area contributed by atoms with Crippen LogP contribution in [0.15, 0.2) is 0 Å². The second-order valence-electron chi connectivity index (χ2n) is 4.10. The third kappa shape index (κ3) is 6.85. The van der Waals surface area contributed by atoms with Gasteiger partial charge >= 0.3 is 5.97 Å². The topological polar surface area (TPSA) is 50.4 Å². The quantitative estimate of drug-likeness (QED) is 0.335. The lowest BCUT2D eigenvalue weighted by atomic mass is 9.85. The second-order valence-corrected chi connectivity index (χ2v) is 4.10. The summed E-state index contributed by atoms with van der Waals surface area (Å²) in [5.74, 6) is 0.470. The van der Waals surface area contributed by atoms with Gasteiger partial charge in [0.25, 0.3) is 0 Å². The summed E-state index contributed by atoms with van der Waals surface area (Å²) in [4.78, 5) is 11.3. The van der Waals surface area contributed by atoms with Gasteiger partial charge in [0.1, 0.15) is 14.6 Å². The van der Waals surface area contributed by atoms with Crippen LogP contribution >= 0.6 is 0 Å². The fourth-order valence-corrected chi connectivity index (χ4v) is 1.63. The number of ether oxygens (including phenoxy) is 1.